The first-order valence-electron chi connectivity index (χ1n) is 9.71. The van der Waals surface area contributed by atoms with Crippen molar-refractivity contribution in [1.29, 1.82) is 0 Å². The van der Waals surface area contributed by atoms with E-state index < -0.39 is 4.92 Å². The number of non-ortho nitro benzene ring substituents is 1. The second-order valence-electron chi connectivity index (χ2n) is 7.32. The van der Waals surface area contributed by atoms with Gasteiger partial charge in [0.2, 0.25) is 5.91 Å². The van der Waals surface area contributed by atoms with E-state index in [4.69, 9.17) is 4.98 Å². The van der Waals surface area contributed by atoms with Crippen molar-refractivity contribution in [3.63, 3.8) is 0 Å². The molecule has 4 aromatic rings. The van der Waals surface area contributed by atoms with Crippen molar-refractivity contribution in [3.8, 4) is 0 Å². The summed E-state index contributed by atoms with van der Waals surface area (Å²) >= 11 is 1.49. The van der Waals surface area contributed by atoms with Crippen LogP contribution in [0, 0.1) is 24.0 Å². The molecular weight excluding hydrogens is 412 g/mol. The number of nitro groups is 1. The molecular formula is C23H20N4O3S. The number of aromatic nitrogens is 2. The van der Waals surface area contributed by atoms with E-state index in [9.17, 15) is 14.9 Å². The molecule has 0 atom stereocenters. The van der Waals surface area contributed by atoms with Gasteiger partial charge in [-0.1, -0.05) is 41.7 Å². The van der Waals surface area contributed by atoms with Crippen LogP contribution < -0.4 is 4.90 Å². The molecule has 0 aliphatic carbocycles. The topological polar surface area (TPSA) is 89.2 Å². The highest BCUT2D eigenvalue weighted by molar-refractivity contribution is 7.22. The summed E-state index contributed by atoms with van der Waals surface area (Å²) in [5, 5.41) is 11.5. The number of carbonyl (C=O) groups excluding carboxylic acids is 1. The Morgan fingerprint density at radius 3 is 2.45 bits per heavy atom. The highest BCUT2D eigenvalue weighted by Crippen LogP contribution is 2.34. The third-order valence-corrected chi connectivity index (χ3v) is 6.24. The minimum atomic E-state index is -0.452. The first kappa shape index (κ1) is 20.6. The predicted molar refractivity (Wildman–Crippen MR) is 121 cm³/mol. The molecule has 0 bridgehead atoms. The fourth-order valence-electron chi connectivity index (χ4n) is 3.31. The lowest BCUT2D eigenvalue weighted by Gasteiger charge is -2.20. The van der Waals surface area contributed by atoms with Crippen LogP contribution in [0.2, 0.25) is 0 Å². The summed E-state index contributed by atoms with van der Waals surface area (Å²) in [6.45, 7) is 4.39. The summed E-state index contributed by atoms with van der Waals surface area (Å²) in [5.41, 5.74) is 4.69. The molecule has 156 valence electrons. The van der Waals surface area contributed by atoms with Gasteiger partial charge in [0.05, 0.1) is 28.1 Å². The van der Waals surface area contributed by atoms with Crippen molar-refractivity contribution in [2.45, 2.75) is 26.8 Å². The van der Waals surface area contributed by atoms with Crippen LogP contribution in [0.1, 0.15) is 22.3 Å². The van der Waals surface area contributed by atoms with Crippen molar-refractivity contribution in [1.82, 2.24) is 9.97 Å². The third-order valence-electron chi connectivity index (χ3n) is 5.03. The molecule has 2 aromatic carbocycles. The Bertz CT molecular complexity index is 1210. The Hall–Kier alpha value is -3.65. The largest absolute Gasteiger partial charge is 0.283 e. The molecule has 0 fully saturated rings. The van der Waals surface area contributed by atoms with Gasteiger partial charge in [-0.15, -0.1) is 0 Å². The Morgan fingerprint density at radius 1 is 1.06 bits per heavy atom. The minimum absolute atomic E-state index is 0.000499. The first-order chi connectivity index (χ1) is 14.9. The number of aryl methyl sites for hydroxylation is 2. The highest BCUT2D eigenvalue weighted by Gasteiger charge is 2.22. The van der Waals surface area contributed by atoms with Crippen LogP contribution in [-0.4, -0.2) is 20.8 Å². The molecule has 0 aliphatic heterocycles. The molecule has 0 radical (unpaired) electrons. The van der Waals surface area contributed by atoms with Crippen LogP contribution in [0.4, 0.5) is 10.8 Å². The first-order valence-corrected chi connectivity index (χ1v) is 10.5. The maximum absolute atomic E-state index is 13.3. The van der Waals surface area contributed by atoms with E-state index in [1.165, 1.54) is 23.5 Å². The van der Waals surface area contributed by atoms with Crippen LogP contribution in [-0.2, 0) is 17.8 Å². The number of rotatable bonds is 6. The molecule has 0 unspecified atom stereocenters. The zero-order valence-corrected chi connectivity index (χ0v) is 17.9. The van der Waals surface area contributed by atoms with Gasteiger partial charge in [-0.2, -0.15) is 0 Å². The lowest BCUT2D eigenvalue weighted by molar-refractivity contribution is -0.384. The van der Waals surface area contributed by atoms with E-state index >= 15 is 0 Å². The van der Waals surface area contributed by atoms with Crippen molar-refractivity contribution >= 4 is 38.3 Å². The van der Waals surface area contributed by atoms with Gasteiger partial charge in [-0.05, 0) is 42.2 Å². The second-order valence-corrected chi connectivity index (χ2v) is 8.29. The molecule has 8 heteroatoms. The number of hydrogen-bond acceptors (Lipinski definition) is 6. The van der Waals surface area contributed by atoms with E-state index in [1.54, 1.807) is 29.4 Å². The highest BCUT2D eigenvalue weighted by atomic mass is 32.1. The van der Waals surface area contributed by atoms with Crippen molar-refractivity contribution < 1.29 is 9.72 Å². The minimum Gasteiger partial charge on any atom is -0.283 e. The zero-order valence-electron chi connectivity index (χ0n) is 17.1. The summed E-state index contributed by atoms with van der Waals surface area (Å²) in [5.74, 6) is -0.132. The number of nitrogens with zero attached hydrogens (tertiary/aromatic N) is 4. The summed E-state index contributed by atoms with van der Waals surface area (Å²) < 4.78 is 1.06. The van der Waals surface area contributed by atoms with Gasteiger partial charge >= 0.3 is 0 Å². The molecule has 0 saturated carbocycles. The molecule has 7 nitrogen and oxygen atoms in total. The van der Waals surface area contributed by atoms with Gasteiger partial charge in [-0.3, -0.25) is 24.8 Å². The Balaban J connectivity index is 1.69. The van der Waals surface area contributed by atoms with Gasteiger partial charge in [0.1, 0.15) is 0 Å². The number of benzene rings is 2. The number of nitro benzene ring substituents is 1. The summed E-state index contributed by atoms with van der Waals surface area (Å²) in [4.78, 5) is 34.4. The number of anilines is 1. The average Bonchev–Trinajstić information content (AvgIpc) is 3.22. The van der Waals surface area contributed by atoms with Crippen molar-refractivity contribution in [2.24, 2.45) is 0 Å². The average molecular weight is 433 g/mol. The van der Waals surface area contributed by atoms with Crippen LogP contribution in [0.3, 0.4) is 0 Å². The summed E-state index contributed by atoms with van der Waals surface area (Å²) in [7, 11) is 0. The van der Waals surface area contributed by atoms with Crippen LogP contribution >= 0.6 is 11.3 Å². The number of thiazole rings is 1. The van der Waals surface area contributed by atoms with E-state index in [-0.39, 0.29) is 18.0 Å². The Kier molecular flexibility index (Phi) is 5.73. The molecule has 2 heterocycles. The zero-order chi connectivity index (χ0) is 22.0. The molecule has 4 rings (SSSR count). The summed E-state index contributed by atoms with van der Waals surface area (Å²) in [6, 6.07) is 13.9. The molecule has 2 aromatic heterocycles. The van der Waals surface area contributed by atoms with Crippen molar-refractivity contribution in [2.75, 3.05) is 4.90 Å². The standard InChI is InChI=1S/C23H20N4O3S/c1-15-5-6-16(2)22-21(15)25-23(31-22)26(14-18-4-3-11-24-13-18)20(28)12-17-7-9-19(10-8-17)27(29)30/h3-11,13H,12,14H2,1-2H3. The maximum Gasteiger partial charge on any atom is 0.269 e. The van der Waals surface area contributed by atoms with Gasteiger partial charge in [0.25, 0.3) is 5.69 Å². The molecule has 0 aliphatic rings. The SMILES string of the molecule is Cc1ccc(C)c2sc(N(Cc3cccnc3)C(=O)Cc3ccc([N+](=O)[O-])cc3)nc12. The predicted octanol–water partition coefficient (Wildman–Crippen LogP) is 4.99. The molecule has 1 amide bonds. The van der Waals surface area contributed by atoms with E-state index in [2.05, 4.69) is 11.1 Å². The normalized spacial score (nSPS) is 10.9. The van der Waals surface area contributed by atoms with E-state index in [1.807, 2.05) is 32.0 Å². The molecule has 0 saturated heterocycles. The molecule has 31 heavy (non-hydrogen) atoms. The van der Waals surface area contributed by atoms with Crippen LogP contribution in [0.5, 0.6) is 0 Å². The monoisotopic (exact) mass is 432 g/mol. The lowest BCUT2D eigenvalue weighted by atomic mass is 10.1. The smallest absolute Gasteiger partial charge is 0.269 e. The molecule has 0 N–H and O–H groups in total. The van der Waals surface area contributed by atoms with E-state index in [0.717, 1.165) is 26.9 Å². The number of fused-ring (bicyclic) bond motifs is 1. The lowest BCUT2D eigenvalue weighted by Crippen LogP contribution is -2.31. The molecule has 0 spiro atoms. The fraction of sp³-hybridized carbons (Fsp3) is 0.174. The fourth-order valence-corrected chi connectivity index (χ4v) is 4.43. The number of amides is 1. The van der Waals surface area contributed by atoms with Crippen LogP contribution in [0.15, 0.2) is 60.9 Å². The van der Waals surface area contributed by atoms with Crippen LogP contribution in [0.25, 0.3) is 10.2 Å². The van der Waals surface area contributed by atoms with Gasteiger partial charge in [0.15, 0.2) is 5.13 Å². The second kappa shape index (κ2) is 8.61. The summed E-state index contributed by atoms with van der Waals surface area (Å²) in [6.07, 6.45) is 3.54. The van der Waals surface area contributed by atoms with Gasteiger partial charge in [-0.25, -0.2) is 4.98 Å². The quantitative estimate of drug-likeness (QED) is 0.316. The third kappa shape index (κ3) is 4.44. The van der Waals surface area contributed by atoms with Gasteiger partial charge in [0, 0.05) is 24.5 Å². The Morgan fingerprint density at radius 2 is 1.81 bits per heavy atom. The number of pyridine rings is 1. The number of hydrogen-bond donors (Lipinski definition) is 0. The van der Waals surface area contributed by atoms with Crippen molar-refractivity contribution in [3.05, 3.63) is 93.3 Å². The Labute approximate surface area is 183 Å². The van der Waals surface area contributed by atoms with E-state index in [0.29, 0.717) is 17.2 Å². The van der Waals surface area contributed by atoms with Gasteiger partial charge < -0.3 is 0 Å². The maximum atomic E-state index is 13.3. The number of carbonyl (C=O) groups is 1.